The molecule has 1 aromatic heterocycles. The summed E-state index contributed by atoms with van der Waals surface area (Å²) in [5.41, 5.74) is 4.89. The van der Waals surface area contributed by atoms with Crippen molar-refractivity contribution in [2.24, 2.45) is 0 Å². The molecule has 0 saturated heterocycles. The summed E-state index contributed by atoms with van der Waals surface area (Å²) >= 11 is 0. The van der Waals surface area contributed by atoms with Crippen molar-refractivity contribution in [3.63, 3.8) is 0 Å². The van der Waals surface area contributed by atoms with Gasteiger partial charge >= 0.3 is 5.69 Å². The van der Waals surface area contributed by atoms with E-state index in [2.05, 4.69) is 20.6 Å². The highest BCUT2D eigenvalue weighted by molar-refractivity contribution is 5.81. The number of aromatic nitrogens is 2. The van der Waals surface area contributed by atoms with Gasteiger partial charge in [0, 0.05) is 7.05 Å². The standard InChI is InChI=1S/C7H10N6O3/c1-9-4(14)2-10-7-5(13(15)16)6(8)11-3-12-7/h3H,2H2,1H3,(H,9,14)(H3,8,10,11,12). The Morgan fingerprint density at radius 1 is 1.62 bits per heavy atom. The first-order valence-electron chi connectivity index (χ1n) is 4.25. The molecule has 0 bridgehead atoms. The molecule has 0 atom stereocenters. The Labute approximate surface area is 90.2 Å². The third-order valence-corrected chi connectivity index (χ3v) is 1.73. The Kier molecular flexibility index (Phi) is 3.53. The summed E-state index contributed by atoms with van der Waals surface area (Å²) in [6, 6.07) is 0. The molecule has 1 rings (SSSR count). The zero-order valence-corrected chi connectivity index (χ0v) is 8.43. The molecule has 0 spiro atoms. The van der Waals surface area contributed by atoms with Crippen LogP contribution in [0.4, 0.5) is 17.3 Å². The Hall–Kier alpha value is -2.45. The van der Waals surface area contributed by atoms with Gasteiger partial charge in [-0.25, -0.2) is 9.97 Å². The van der Waals surface area contributed by atoms with Gasteiger partial charge in [-0.2, -0.15) is 0 Å². The second-order valence-electron chi connectivity index (χ2n) is 2.74. The van der Waals surface area contributed by atoms with Crippen LogP contribution in [-0.2, 0) is 4.79 Å². The van der Waals surface area contributed by atoms with Crippen molar-refractivity contribution >= 4 is 23.2 Å². The summed E-state index contributed by atoms with van der Waals surface area (Å²) in [7, 11) is 1.45. The molecule has 9 heteroatoms. The number of rotatable bonds is 4. The fraction of sp³-hybridized carbons (Fsp3) is 0.286. The lowest BCUT2D eigenvalue weighted by Gasteiger charge is -2.05. The lowest BCUT2D eigenvalue weighted by atomic mass is 10.4. The molecule has 0 aliphatic rings. The Morgan fingerprint density at radius 2 is 2.31 bits per heavy atom. The largest absolute Gasteiger partial charge is 0.378 e. The second kappa shape index (κ2) is 4.87. The molecule has 0 saturated carbocycles. The summed E-state index contributed by atoms with van der Waals surface area (Å²) in [5.74, 6) is -0.660. The molecule has 0 radical (unpaired) electrons. The third-order valence-electron chi connectivity index (χ3n) is 1.73. The second-order valence-corrected chi connectivity index (χ2v) is 2.74. The lowest BCUT2D eigenvalue weighted by molar-refractivity contribution is -0.383. The van der Waals surface area contributed by atoms with E-state index in [9.17, 15) is 14.9 Å². The maximum Gasteiger partial charge on any atom is 0.352 e. The van der Waals surface area contributed by atoms with E-state index >= 15 is 0 Å². The van der Waals surface area contributed by atoms with E-state index in [1.807, 2.05) is 0 Å². The van der Waals surface area contributed by atoms with Gasteiger partial charge in [0.05, 0.1) is 11.5 Å². The van der Waals surface area contributed by atoms with Gasteiger partial charge in [0.1, 0.15) is 6.33 Å². The minimum absolute atomic E-state index is 0.0823. The first-order chi connectivity index (χ1) is 7.56. The summed E-state index contributed by atoms with van der Waals surface area (Å²) in [5, 5.41) is 15.5. The summed E-state index contributed by atoms with van der Waals surface area (Å²) in [4.78, 5) is 28.0. The minimum Gasteiger partial charge on any atom is -0.378 e. The van der Waals surface area contributed by atoms with Gasteiger partial charge in [-0.3, -0.25) is 14.9 Å². The zero-order valence-electron chi connectivity index (χ0n) is 8.43. The van der Waals surface area contributed by atoms with Crippen LogP contribution in [0.3, 0.4) is 0 Å². The fourth-order valence-electron chi connectivity index (χ4n) is 0.954. The molecule has 0 aliphatic heterocycles. The fourth-order valence-corrected chi connectivity index (χ4v) is 0.954. The first-order valence-corrected chi connectivity index (χ1v) is 4.25. The number of amides is 1. The average Bonchev–Trinajstić information content (AvgIpc) is 2.25. The molecule has 1 amide bonds. The van der Waals surface area contributed by atoms with Gasteiger partial charge in [-0.1, -0.05) is 0 Å². The van der Waals surface area contributed by atoms with Crippen LogP contribution in [0.1, 0.15) is 0 Å². The van der Waals surface area contributed by atoms with Crippen molar-refractivity contribution in [2.75, 3.05) is 24.6 Å². The van der Waals surface area contributed by atoms with Gasteiger partial charge < -0.3 is 16.4 Å². The van der Waals surface area contributed by atoms with E-state index in [4.69, 9.17) is 5.73 Å². The quantitative estimate of drug-likeness (QED) is 0.448. The van der Waals surface area contributed by atoms with Gasteiger partial charge in [0.25, 0.3) is 0 Å². The summed E-state index contributed by atoms with van der Waals surface area (Å²) in [6.45, 7) is -0.131. The number of nitro groups is 1. The smallest absolute Gasteiger partial charge is 0.352 e. The number of nitrogens with one attached hydrogen (secondary N) is 2. The number of hydrogen-bond acceptors (Lipinski definition) is 7. The van der Waals surface area contributed by atoms with E-state index in [1.165, 1.54) is 7.05 Å². The van der Waals surface area contributed by atoms with Crippen LogP contribution in [0, 0.1) is 10.1 Å². The molecular weight excluding hydrogens is 216 g/mol. The molecule has 9 nitrogen and oxygen atoms in total. The molecule has 0 fully saturated rings. The summed E-state index contributed by atoms with van der Waals surface area (Å²) < 4.78 is 0. The highest BCUT2D eigenvalue weighted by atomic mass is 16.6. The number of carbonyl (C=O) groups is 1. The predicted molar refractivity (Wildman–Crippen MR) is 55.7 cm³/mol. The first kappa shape index (κ1) is 11.6. The lowest BCUT2D eigenvalue weighted by Crippen LogP contribution is -2.26. The highest BCUT2D eigenvalue weighted by Gasteiger charge is 2.20. The number of nitrogens with two attached hydrogens (primary N) is 1. The van der Waals surface area contributed by atoms with Gasteiger partial charge in [0.15, 0.2) is 0 Å². The van der Waals surface area contributed by atoms with Crippen molar-refractivity contribution < 1.29 is 9.72 Å². The molecule has 1 heterocycles. The Balaban J connectivity index is 2.91. The number of nitrogens with zero attached hydrogens (tertiary/aromatic N) is 3. The van der Waals surface area contributed by atoms with E-state index in [0.29, 0.717) is 0 Å². The highest BCUT2D eigenvalue weighted by Crippen LogP contribution is 2.25. The van der Waals surface area contributed by atoms with Crippen molar-refractivity contribution in [3.05, 3.63) is 16.4 Å². The Bertz CT molecular complexity index is 421. The minimum atomic E-state index is -0.707. The van der Waals surface area contributed by atoms with E-state index in [0.717, 1.165) is 6.33 Å². The summed E-state index contributed by atoms with van der Waals surface area (Å²) in [6.07, 6.45) is 1.08. The van der Waals surface area contributed by atoms with Crippen LogP contribution in [0.15, 0.2) is 6.33 Å². The van der Waals surface area contributed by atoms with Crippen LogP contribution in [0.2, 0.25) is 0 Å². The van der Waals surface area contributed by atoms with Crippen molar-refractivity contribution in [1.29, 1.82) is 0 Å². The molecule has 1 aromatic rings. The molecule has 0 unspecified atom stereocenters. The van der Waals surface area contributed by atoms with Crippen LogP contribution in [0.5, 0.6) is 0 Å². The third kappa shape index (κ3) is 2.53. The topological polar surface area (TPSA) is 136 Å². The van der Waals surface area contributed by atoms with Crippen molar-refractivity contribution in [2.45, 2.75) is 0 Å². The predicted octanol–water partition coefficient (Wildman–Crippen LogP) is -0.875. The van der Waals surface area contributed by atoms with Gasteiger partial charge in [-0.05, 0) is 0 Å². The average molecular weight is 226 g/mol. The number of anilines is 2. The zero-order chi connectivity index (χ0) is 12.1. The molecule has 16 heavy (non-hydrogen) atoms. The van der Waals surface area contributed by atoms with Crippen LogP contribution < -0.4 is 16.4 Å². The van der Waals surface area contributed by atoms with Crippen molar-refractivity contribution in [3.8, 4) is 0 Å². The van der Waals surface area contributed by atoms with Crippen molar-refractivity contribution in [1.82, 2.24) is 15.3 Å². The van der Waals surface area contributed by atoms with Crippen LogP contribution in [-0.4, -0.2) is 34.4 Å². The maximum atomic E-state index is 10.9. The molecular formula is C7H10N6O3. The number of nitrogen functional groups attached to an aromatic ring is 1. The molecule has 0 aliphatic carbocycles. The van der Waals surface area contributed by atoms with Crippen LogP contribution in [0.25, 0.3) is 0 Å². The van der Waals surface area contributed by atoms with E-state index in [-0.39, 0.29) is 24.1 Å². The van der Waals surface area contributed by atoms with Gasteiger partial charge in [0.2, 0.25) is 17.5 Å². The Morgan fingerprint density at radius 3 is 2.88 bits per heavy atom. The molecule has 4 N–H and O–H groups in total. The number of carbonyl (C=O) groups excluding carboxylic acids is 1. The maximum absolute atomic E-state index is 10.9. The molecule has 0 aromatic carbocycles. The SMILES string of the molecule is CNC(=O)CNc1ncnc(N)c1[N+](=O)[O-]. The normalized spacial score (nSPS) is 9.56. The van der Waals surface area contributed by atoms with Crippen LogP contribution >= 0.6 is 0 Å². The number of hydrogen-bond donors (Lipinski definition) is 3. The monoisotopic (exact) mass is 226 g/mol. The van der Waals surface area contributed by atoms with E-state index < -0.39 is 10.6 Å². The molecule has 86 valence electrons. The van der Waals surface area contributed by atoms with E-state index in [1.54, 1.807) is 0 Å². The number of likely N-dealkylation sites (N-methyl/N-ethyl adjacent to an activating group) is 1. The van der Waals surface area contributed by atoms with Gasteiger partial charge in [-0.15, -0.1) is 0 Å².